The topological polar surface area (TPSA) is 69.0 Å². The van der Waals surface area contributed by atoms with E-state index in [4.69, 9.17) is 0 Å². The number of nitrogens with zero attached hydrogens (tertiary/aromatic N) is 1. The Bertz CT molecular complexity index is 571. The average Bonchev–Trinajstić information content (AvgIpc) is 2.78. The van der Waals surface area contributed by atoms with Gasteiger partial charge >= 0.3 is 0 Å². The predicted octanol–water partition coefficient (Wildman–Crippen LogP) is 1.74. The van der Waals surface area contributed by atoms with Gasteiger partial charge in [-0.1, -0.05) is 20.8 Å². The predicted molar refractivity (Wildman–Crippen MR) is 72.0 cm³/mol. The summed E-state index contributed by atoms with van der Waals surface area (Å²) < 4.78 is 0. The van der Waals surface area contributed by atoms with E-state index in [0.717, 1.165) is 25.8 Å². The maximum Gasteiger partial charge on any atom is 0.272 e. The molecule has 2 aliphatic rings. The summed E-state index contributed by atoms with van der Waals surface area (Å²) in [6.45, 7) is 7.63. The third-order valence-corrected chi connectivity index (χ3v) is 4.50. The molecule has 2 heterocycles. The van der Waals surface area contributed by atoms with E-state index in [9.17, 15) is 9.59 Å². The van der Waals surface area contributed by atoms with Crippen LogP contribution >= 0.6 is 0 Å². The van der Waals surface area contributed by atoms with Crippen LogP contribution in [0.2, 0.25) is 0 Å². The van der Waals surface area contributed by atoms with Crippen molar-refractivity contribution in [1.82, 2.24) is 15.1 Å². The summed E-state index contributed by atoms with van der Waals surface area (Å²) in [6.07, 6.45) is 3.28. The Labute approximate surface area is 112 Å². The molecule has 2 N–H and O–H groups in total. The normalized spacial score (nSPS) is 32.6. The Balaban J connectivity index is 1.88. The molecule has 1 aromatic heterocycles. The number of nitrogens with one attached hydrogen (secondary N) is 2. The molecule has 0 spiro atoms. The molecule has 1 aliphatic carbocycles. The van der Waals surface area contributed by atoms with Gasteiger partial charge in [0, 0.05) is 18.7 Å². The molecule has 1 saturated carbocycles. The highest BCUT2D eigenvalue weighted by Crippen LogP contribution is 2.52. The molecule has 1 amide bonds. The smallest absolute Gasteiger partial charge is 0.272 e. The van der Waals surface area contributed by atoms with Gasteiger partial charge in [-0.15, -0.1) is 0 Å². The molecule has 1 aliphatic heterocycles. The third-order valence-electron chi connectivity index (χ3n) is 4.50. The third kappa shape index (κ3) is 2.11. The minimum atomic E-state index is -0.253. The van der Waals surface area contributed by atoms with E-state index in [1.807, 2.05) is 4.90 Å². The zero-order chi connectivity index (χ0) is 13.8. The molecule has 104 valence electrons. The van der Waals surface area contributed by atoms with Gasteiger partial charge in [-0.2, -0.15) is 0 Å². The van der Waals surface area contributed by atoms with Crippen molar-refractivity contribution in [3.63, 3.8) is 0 Å². The standard InChI is InChI=1S/C14H21N3O2/c1-13(2)5-9-6-14(3,7-13)8-17(9)12(19)10-4-11(18)16-15-10/h4,9H,5-8H2,1-3H3,(H2,15,16,18). The van der Waals surface area contributed by atoms with Gasteiger partial charge in [0.2, 0.25) is 0 Å². The summed E-state index contributed by atoms with van der Waals surface area (Å²) in [5.74, 6) is -0.0511. The fourth-order valence-corrected chi connectivity index (χ4v) is 4.30. The van der Waals surface area contributed by atoms with E-state index in [0.29, 0.717) is 11.7 Å². The number of fused-ring (bicyclic) bond motifs is 2. The molecule has 1 saturated heterocycles. The summed E-state index contributed by atoms with van der Waals surface area (Å²) in [6, 6.07) is 1.65. The van der Waals surface area contributed by atoms with Gasteiger partial charge in [-0.25, -0.2) is 0 Å². The highest BCUT2D eigenvalue weighted by atomic mass is 16.2. The molecule has 19 heavy (non-hydrogen) atoms. The second-order valence-corrected chi connectivity index (χ2v) is 7.32. The van der Waals surface area contributed by atoms with Crippen molar-refractivity contribution in [3.05, 3.63) is 22.1 Å². The summed E-state index contributed by atoms with van der Waals surface area (Å²) >= 11 is 0. The fraction of sp³-hybridized carbons (Fsp3) is 0.714. The Hall–Kier alpha value is -1.52. The number of likely N-dealkylation sites (tertiary alicyclic amines) is 1. The van der Waals surface area contributed by atoms with Crippen molar-refractivity contribution in [1.29, 1.82) is 0 Å². The lowest BCUT2D eigenvalue weighted by atomic mass is 9.65. The van der Waals surface area contributed by atoms with Crippen molar-refractivity contribution in [2.24, 2.45) is 10.8 Å². The summed E-state index contributed by atoms with van der Waals surface area (Å²) in [7, 11) is 0. The number of rotatable bonds is 1. The lowest BCUT2D eigenvalue weighted by molar-refractivity contribution is 0.0702. The van der Waals surface area contributed by atoms with Crippen LogP contribution in [0.1, 0.15) is 50.5 Å². The number of hydrogen-bond acceptors (Lipinski definition) is 2. The molecule has 2 fully saturated rings. The molecule has 2 atom stereocenters. The van der Waals surface area contributed by atoms with Crippen molar-refractivity contribution in [2.75, 3.05) is 6.54 Å². The lowest BCUT2D eigenvalue weighted by Gasteiger charge is -2.39. The van der Waals surface area contributed by atoms with Crippen LogP contribution in [0.4, 0.5) is 0 Å². The molecule has 5 heteroatoms. The van der Waals surface area contributed by atoms with E-state index in [2.05, 4.69) is 31.0 Å². The highest BCUT2D eigenvalue weighted by Gasteiger charge is 2.51. The van der Waals surface area contributed by atoms with Gasteiger partial charge in [0.1, 0.15) is 5.69 Å². The molecule has 0 radical (unpaired) electrons. The Kier molecular flexibility index (Phi) is 2.46. The van der Waals surface area contributed by atoms with Crippen molar-refractivity contribution in [3.8, 4) is 0 Å². The summed E-state index contributed by atoms with van der Waals surface area (Å²) in [5, 5.41) is 5.10. The largest absolute Gasteiger partial charge is 0.334 e. The van der Waals surface area contributed by atoms with E-state index in [1.165, 1.54) is 6.07 Å². The van der Waals surface area contributed by atoms with Gasteiger partial charge < -0.3 is 4.90 Å². The molecule has 0 aromatic carbocycles. The van der Waals surface area contributed by atoms with E-state index in [1.54, 1.807) is 0 Å². The molecule has 3 rings (SSSR count). The SMILES string of the molecule is CC1(C)CC2CC(C)(CN2C(=O)c2cc(=O)[nH][nH]2)C1. The van der Waals surface area contributed by atoms with Crippen LogP contribution in [0.25, 0.3) is 0 Å². The summed E-state index contributed by atoms with van der Waals surface area (Å²) in [5.41, 5.74) is 0.632. The number of carbonyl (C=O) groups is 1. The first-order valence-electron chi connectivity index (χ1n) is 6.87. The van der Waals surface area contributed by atoms with Crippen LogP contribution in [-0.2, 0) is 0 Å². The quantitative estimate of drug-likeness (QED) is 0.810. The molecule has 2 unspecified atom stereocenters. The van der Waals surface area contributed by atoms with Gasteiger partial charge in [0.15, 0.2) is 0 Å². The number of aromatic amines is 2. The summed E-state index contributed by atoms with van der Waals surface area (Å²) in [4.78, 5) is 25.6. The van der Waals surface area contributed by atoms with E-state index in [-0.39, 0.29) is 22.3 Å². The second-order valence-electron chi connectivity index (χ2n) is 7.32. The minimum Gasteiger partial charge on any atom is -0.334 e. The Morgan fingerprint density at radius 3 is 2.68 bits per heavy atom. The first kappa shape index (κ1) is 12.5. The van der Waals surface area contributed by atoms with E-state index >= 15 is 0 Å². The minimum absolute atomic E-state index is 0.0511. The molecule has 1 aromatic rings. The zero-order valence-corrected chi connectivity index (χ0v) is 11.7. The number of carbonyl (C=O) groups excluding carboxylic acids is 1. The van der Waals surface area contributed by atoms with Gasteiger partial charge in [0.25, 0.3) is 11.5 Å². The highest BCUT2D eigenvalue weighted by molar-refractivity contribution is 5.92. The molecule has 5 nitrogen and oxygen atoms in total. The van der Waals surface area contributed by atoms with Gasteiger partial charge in [-0.05, 0) is 30.1 Å². The number of hydrogen-bond donors (Lipinski definition) is 2. The molecular formula is C14H21N3O2. The molecule has 2 bridgehead atoms. The van der Waals surface area contributed by atoms with Crippen LogP contribution in [0.3, 0.4) is 0 Å². The van der Waals surface area contributed by atoms with Crippen LogP contribution < -0.4 is 5.56 Å². The van der Waals surface area contributed by atoms with Crippen molar-refractivity contribution in [2.45, 2.75) is 46.1 Å². The van der Waals surface area contributed by atoms with E-state index < -0.39 is 0 Å². The van der Waals surface area contributed by atoms with Gasteiger partial charge in [-0.3, -0.25) is 19.8 Å². The Morgan fingerprint density at radius 2 is 2.05 bits per heavy atom. The van der Waals surface area contributed by atoms with Crippen molar-refractivity contribution < 1.29 is 4.79 Å². The maximum absolute atomic E-state index is 12.5. The Morgan fingerprint density at radius 1 is 1.32 bits per heavy atom. The lowest BCUT2D eigenvalue weighted by Crippen LogP contribution is -2.37. The van der Waals surface area contributed by atoms with Crippen LogP contribution in [0.15, 0.2) is 10.9 Å². The zero-order valence-electron chi connectivity index (χ0n) is 11.7. The van der Waals surface area contributed by atoms with Crippen molar-refractivity contribution >= 4 is 5.91 Å². The number of aromatic nitrogens is 2. The first-order chi connectivity index (χ1) is 8.78. The second kappa shape index (κ2) is 3.74. The number of H-pyrrole nitrogens is 2. The monoisotopic (exact) mass is 263 g/mol. The average molecular weight is 263 g/mol. The molecular weight excluding hydrogens is 242 g/mol. The van der Waals surface area contributed by atoms with Crippen LogP contribution in [0, 0.1) is 10.8 Å². The number of amides is 1. The van der Waals surface area contributed by atoms with Gasteiger partial charge in [0.05, 0.1) is 0 Å². The van der Waals surface area contributed by atoms with Crippen LogP contribution in [0.5, 0.6) is 0 Å². The fourth-order valence-electron chi connectivity index (χ4n) is 4.30. The van der Waals surface area contributed by atoms with Crippen LogP contribution in [-0.4, -0.2) is 33.6 Å². The first-order valence-corrected chi connectivity index (χ1v) is 6.87. The maximum atomic E-state index is 12.5.